The van der Waals surface area contributed by atoms with Gasteiger partial charge in [-0.3, -0.25) is 9.59 Å². The van der Waals surface area contributed by atoms with Gasteiger partial charge in [-0.15, -0.1) is 10.2 Å². The number of nitrogens with zero attached hydrogens (tertiary/aromatic N) is 5. The molecule has 2 fully saturated rings. The molecule has 1 aliphatic heterocycles. The molecule has 1 aromatic heterocycles. The van der Waals surface area contributed by atoms with E-state index >= 15 is 0 Å². The molecule has 1 saturated carbocycles. The first-order chi connectivity index (χ1) is 14.6. The Hall–Kier alpha value is -1.96. The fourth-order valence-corrected chi connectivity index (χ4v) is 5.36. The third-order valence-electron chi connectivity index (χ3n) is 7.42. The van der Waals surface area contributed by atoms with E-state index in [4.69, 9.17) is 0 Å². The van der Waals surface area contributed by atoms with Gasteiger partial charge in [0.2, 0.25) is 11.8 Å². The number of likely N-dealkylation sites (tertiary alicyclic amines) is 1. The van der Waals surface area contributed by atoms with Gasteiger partial charge in [0.05, 0.1) is 0 Å². The molecule has 1 N–H and O–H groups in total. The summed E-state index contributed by atoms with van der Waals surface area (Å²) in [6.45, 7) is 9.84. The summed E-state index contributed by atoms with van der Waals surface area (Å²) in [5.74, 6) is 0.972. The Morgan fingerprint density at radius 1 is 1.06 bits per heavy atom. The lowest BCUT2D eigenvalue weighted by atomic mass is 9.79. The summed E-state index contributed by atoms with van der Waals surface area (Å²) in [5.41, 5.74) is -0.337. The van der Waals surface area contributed by atoms with E-state index in [9.17, 15) is 9.59 Å². The van der Waals surface area contributed by atoms with Crippen LogP contribution in [0.4, 0.5) is 0 Å². The van der Waals surface area contributed by atoms with Crippen molar-refractivity contribution in [2.45, 2.75) is 77.4 Å². The van der Waals surface area contributed by atoms with E-state index in [-0.39, 0.29) is 29.3 Å². The molecule has 31 heavy (non-hydrogen) atoms. The normalized spacial score (nSPS) is 24.1. The maximum absolute atomic E-state index is 13.1. The molecule has 1 aromatic rings. The van der Waals surface area contributed by atoms with Gasteiger partial charge >= 0.3 is 0 Å². The number of hydrogen-bond donors (Lipinski definition) is 1. The smallest absolute Gasteiger partial charge is 0.243 e. The zero-order valence-electron chi connectivity index (χ0n) is 20.0. The summed E-state index contributed by atoms with van der Waals surface area (Å²) in [4.78, 5) is 30.4. The zero-order chi connectivity index (χ0) is 22.8. The van der Waals surface area contributed by atoms with E-state index in [0.29, 0.717) is 17.9 Å². The Kier molecular flexibility index (Phi) is 7.39. The Balaban J connectivity index is 1.54. The molecule has 3 atom stereocenters. The average molecular weight is 433 g/mol. The van der Waals surface area contributed by atoms with Crippen LogP contribution in [0.25, 0.3) is 0 Å². The van der Waals surface area contributed by atoms with Gasteiger partial charge in [-0.1, -0.05) is 13.8 Å². The van der Waals surface area contributed by atoms with Gasteiger partial charge < -0.3 is 19.7 Å². The molecule has 8 heteroatoms. The van der Waals surface area contributed by atoms with E-state index in [1.165, 1.54) is 0 Å². The van der Waals surface area contributed by atoms with Crippen molar-refractivity contribution in [1.29, 1.82) is 0 Å². The van der Waals surface area contributed by atoms with Gasteiger partial charge in [-0.05, 0) is 71.9 Å². The molecule has 2 amide bonds. The molecule has 0 radical (unpaired) electrons. The van der Waals surface area contributed by atoms with Crippen molar-refractivity contribution < 1.29 is 9.59 Å². The molecule has 8 nitrogen and oxygen atoms in total. The predicted octanol–water partition coefficient (Wildman–Crippen LogP) is 2.34. The number of piperidine rings is 1. The number of amides is 2. The van der Waals surface area contributed by atoms with Gasteiger partial charge in [0.1, 0.15) is 18.7 Å². The van der Waals surface area contributed by atoms with E-state index in [1.807, 2.05) is 13.8 Å². The monoisotopic (exact) mass is 432 g/mol. The lowest BCUT2D eigenvalue weighted by Crippen LogP contribution is -2.55. The summed E-state index contributed by atoms with van der Waals surface area (Å²) in [6, 6.07) is 0.197. The number of nitrogens with one attached hydrogen (secondary N) is 1. The van der Waals surface area contributed by atoms with E-state index < -0.39 is 0 Å². The van der Waals surface area contributed by atoms with Crippen LogP contribution in [0.3, 0.4) is 0 Å². The van der Waals surface area contributed by atoms with Crippen molar-refractivity contribution in [1.82, 2.24) is 29.9 Å². The summed E-state index contributed by atoms with van der Waals surface area (Å²) in [5, 5.41) is 11.0. The molecule has 3 rings (SSSR count). The molecule has 1 aliphatic carbocycles. The molecule has 1 saturated heterocycles. The minimum Gasteiger partial charge on any atom is -0.349 e. The predicted molar refractivity (Wildman–Crippen MR) is 120 cm³/mol. The van der Waals surface area contributed by atoms with Crippen LogP contribution in [0, 0.1) is 17.8 Å². The number of rotatable bonds is 7. The Bertz CT molecular complexity index is 737. The molecular formula is C23H40N6O2. The van der Waals surface area contributed by atoms with Crippen LogP contribution in [0.1, 0.15) is 65.8 Å². The summed E-state index contributed by atoms with van der Waals surface area (Å²) < 4.78 is 1.78. The molecule has 174 valence electrons. The number of hydrogen-bond acceptors (Lipinski definition) is 5. The quantitative estimate of drug-likeness (QED) is 0.715. The standard InChI is InChI=1S/C23H40N6O2/c1-16(2)20(29-14-24-25-15-29)21(30)26-23(3,4)18-9-11-28(12-10-18)22(31)17-7-8-19(13-17)27(5)6/h14-20H,7-13H2,1-6H3,(H,26,30)/t17-,19+,20?/m1/s1. The highest BCUT2D eigenvalue weighted by Gasteiger charge is 2.39. The Labute approximate surface area is 186 Å². The van der Waals surface area contributed by atoms with Gasteiger partial charge in [-0.25, -0.2) is 0 Å². The highest BCUT2D eigenvalue weighted by molar-refractivity contribution is 5.81. The van der Waals surface area contributed by atoms with Gasteiger partial charge in [0.25, 0.3) is 0 Å². The molecule has 1 unspecified atom stereocenters. The zero-order valence-corrected chi connectivity index (χ0v) is 20.0. The first-order valence-corrected chi connectivity index (χ1v) is 11.7. The molecular weight excluding hydrogens is 392 g/mol. The van der Waals surface area contributed by atoms with E-state index in [0.717, 1.165) is 45.2 Å². The third kappa shape index (κ3) is 5.45. The van der Waals surface area contributed by atoms with Crippen molar-refractivity contribution >= 4 is 11.8 Å². The van der Waals surface area contributed by atoms with Crippen molar-refractivity contribution in [2.75, 3.05) is 27.2 Å². The van der Waals surface area contributed by atoms with E-state index in [1.54, 1.807) is 17.2 Å². The van der Waals surface area contributed by atoms with Gasteiger partial charge in [-0.2, -0.15) is 0 Å². The fraction of sp³-hybridized carbons (Fsp3) is 0.826. The second kappa shape index (κ2) is 9.67. The molecule has 0 bridgehead atoms. The number of carbonyl (C=O) groups is 2. The van der Waals surface area contributed by atoms with E-state index in [2.05, 4.69) is 53.3 Å². The first-order valence-electron chi connectivity index (χ1n) is 11.7. The van der Waals surface area contributed by atoms with Crippen molar-refractivity contribution in [3.8, 4) is 0 Å². The average Bonchev–Trinajstić information content (AvgIpc) is 3.39. The van der Waals surface area contributed by atoms with Crippen LogP contribution in [-0.4, -0.2) is 75.1 Å². The largest absolute Gasteiger partial charge is 0.349 e. The van der Waals surface area contributed by atoms with Crippen LogP contribution in [0.15, 0.2) is 12.7 Å². The number of aromatic nitrogens is 3. The fourth-order valence-electron chi connectivity index (χ4n) is 5.36. The topological polar surface area (TPSA) is 83.4 Å². The summed E-state index contributed by atoms with van der Waals surface area (Å²) in [7, 11) is 4.21. The van der Waals surface area contributed by atoms with Crippen LogP contribution >= 0.6 is 0 Å². The van der Waals surface area contributed by atoms with Crippen LogP contribution in [0.5, 0.6) is 0 Å². The minimum absolute atomic E-state index is 0.000936. The third-order valence-corrected chi connectivity index (χ3v) is 7.42. The van der Waals surface area contributed by atoms with Crippen LogP contribution in [-0.2, 0) is 9.59 Å². The van der Waals surface area contributed by atoms with Crippen LogP contribution in [0.2, 0.25) is 0 Å². The molecule has 2 aliphatic rings. The lowest BCUT2D eigenvalue weighted by molar-refractivity contribution is -0.138. The second-order valence-corrected chi connectivity index (χ2v) is 10.5. The minimum atomic E-state index is -0.337. The highest BCUT2D eigenvalue weighted by Crippen LogP contribution is 2.33. The SMILES string of the molecule is CC(C)C(C(=O)NC(C)(C)C1CCN(C(=O)[C@@H]2CC[C@H](N(C)C)C2)CC1)n1cnnc1. The lowest BCUT2D eigenvalue weighted by Gasteiger charge is -2.42. The molecule has 2 heterocycles. The number of carbonyl (C=O) groups excluding carboxylic acids is 2. The summed E-state index contributed by atoms with van der Waals surface area (Å²) >= 11 is 0. The maximum Gasteiger partial charge on any atom is 0.243 e. The maximum atomic E-state index is 13.1. The Morgan fingerprint density at radius 2 is 1.68 bits per heavy atom. The second-order valence-electron chi connectivity index (χ2n) is 10.5. The molecule has 0 spiro atoms. The van der Waals surface area contributed by atoms with Crippen molar-refractivity contribution in [3.63, 3.8) is 0 Å². The first kappa shape index (κ1) is 23.7. The van der Waals surface area contributed by atoms with Crippen molar-refractivity contribution in [3.05, 3.63) is 12.7 Å². The molecule has 0 aromatic carbocycles. The van der Waals surface area contributed by atoms with Crippen molar-refractivity contribution in [2.24, 2.45) is 17.8 Å². The van der Waals surface area contributed by atoms with Crippen LogP contribution < -0.4 is 5.32 Å². The highest BCUT2D eigenvalue weighted by atomic mass is 16.2. The van der Waals surface area contributed by atoms with Gasteiger partial charge in [0.15, 0.2) is 0 Å². The Morgan fingerprint density at radius 3 is 2.19 bits per heavy atom. The van der Waals surface area contributed by atoms with Gasteiger partial charge in [0, 0.05) is 30.6 Å². The summed E-state index contributed by atoms with van der Waals surface area (Å²) in [6.07, 6.45) is 8.14.